The van der Waals surface area contributed by atoms with Crippen LogP contribution in [-0.4, -0.2) is 31.6 Å². The van der Waals surface area contributed by atoms with Gasteiger partial charge in [-0.15, -0.1) is 0 Å². The van der Waals surface area contributed by atoms with Crippen LogP contribution >= 0.6 is 0 Å². The largest absolute Gasteiger partial charge is 0.385 e. The van der Waals surface area contributed by atoms with Gasteiger partial charge in [0.15, 0.2) is 0 Å². The van der Waals surface area contributed by atoms with Crippen molar-refractivity contribution in [3.05, 3.63) is 29.8 Å². The topological polar surface area (TPSA) is 15.3 Å². The van der Waals surface area contributed by atoms with Crippen molar-refractivity contribution in [1.82, 2.24) is 4.90 Å². The monoisotopic (exact) mass is 240 g/mol. The lowest BCUT2D eigenvalue weighted by atomic mass is 9.97. The summed E-state index contributed by atoms with van der Waals surface area (Å²) in [6.07, 6.45) is 2.28. The zero-order chi connectivity index (χ0) is 12.3. The van der Waals surface area contributed by atoms with Crippen molar-refractivity contribution in [3.8, 4) is 0 Å². The average Bonchev–Trinajstić information content (AvgIpc) is 2.27. The van der Waals surface area contributed by atoms with Crippen LogP contribution in [0.2, 0.25) is 0 Å². The van der Waals surface area contributed by atoms with Crippen LogP contribution in [0, 0.1) is 17.6 Å². The lowest BCUT2D eigenvalue weighted by Crippen LogP contribution is -2.32. The smallest absolute Gasteiger partial charge is 0.128 e. The van der Waals surface area contributed by atoms with E-state index in [4.69, 9.17) is 0 Å². The van der Waals surface area contributed by atoms with E-state index in [0.29, 0.717) is 11.6 Å². The molecule has 0 amide bonds. The highest BCUT2D eigenvalue weighted by atomic mass is 19.1. The third-order valence-corrected chi connectivity index (χ3v) is 3.30. The molecule has 1 aromatic rings. The van der Waals surface area contributed by atoms with Crippen molar-refractivity contribution < 1.29 is 8.78 Å². The van der Waals surface area contributed by atoms with Gasteiger partial charge in [0.05, 0.1) is 0 Å². The minimum atomic E-state index is -0.532. The maximum atomic E-state index is 13.0. The number of benzene rings is 1. The molecule has 4 heteroatoms. The van der Waals surface area contributed by atoms with Crippen LogP contribution in [0.3, 0.4) is 0 Å². The van der Waals surface area contributed by atoms with Crippen molar-refractivity contribution in [3.63, 3.8) is 0 Å². The van der Waals surface area contributed by atoms with E-state index in [1.54, 1.807) is 0 Å². The molecule has 0 bridgehead atoms. The first kappa shape index (κ1) is 12.3. The normalized spacial score (nSPS) is 18.3. The van der Waals surface area contributed by atoms with Crippen LogP contribution in [0.1, 0.15) is 12.8 Å². The summed E-state index contributed by atoms with van der Waals surface area (Å²) in [6.45, 7) is 2.99. The van der Waals surface area contributed by atoms with Gasteiger partial charge in [0.2, 0.25) is 0 Å². The van der Waals surface area contributed by atoms with Gasteiger partial charge in [0, 0.05) is 18.3 Å². The summed E-state index contributed by atoms with van der Waals surface area (Å²) in [5.41, 5.74) is 0.529. The summed E-state index contributed by atoms with van der Waals surface area (Å²) in [7, 11) is 2.12. The minimum Gasteiger partial charge on any atom is -0.385 e. The van der Waals surface area contributed by atoms with Crippen LogP contribution < -0.4 is 5.32 Å². The first-order valence-corrected chi connectivity index (χ1v) is 6.02. The Balaban J connectivity index is 1.85. The second-order valence-electron chi connectivity index (χ2n) is 4.79. The number of nitrogens with one attached hydrogen (secondary N) is 1. The number of piperidine rings is 1. The fourth-order valence-electron chi connectivity index (χ4n) is 2.18. The maximum Gasteiger partial charge on any atom is 0.128 e. The van der Waals surface area contributed by atoms with Gasteiger partial charge in [-0.05, 0) is 51.0 Å². The van der Waals surface area contributed by atoms with Crippen molar-refractivity contribution in [2.75, 3.05) is 32.0 Å². The summed E-state index contributed by atoms with van der Waals surface area (Å²) in [6, 6.07) is 3.55. The van der Waals surface area contributed by atoms with Gasteiger partial charge in [0.1, 0.15) is 11.6 Å². The summed E-state index contributed by atoms with van der Waals surface area (Å²) >= 11 is 0. The van der Waals surface area contributed by atoms with Crippen molar-refractivity contribution in [2.24, 2.45) is 5.92 Å². The molecule has 1 aliphatic rings. The van der Waals surface area contributed by atoms with Gasteiger partial charge in [-0.2, -0.15) is 0 Å². The lowest BCUT2D eigenvalue weighted by Gasteiger charge is -2.29. The van der Waals surface area contributed by atoms with E-state index in [1.165, 1.54) is 12.1 Å². The Kier molecular flexibility index (Phi) is 3.94. The Bertz CT molecular complexity index is 353. The quantitative estimate of drug-likeness (QED) is 0.874. The number of hydrogen-bond acceptors (Lipinski definition) is 2. The number of hydrogen-bond donors (Lipinski definition) is 1. The number of nitrogens with zero attached hydrogens (tertiary/aromatic N) is 1. The summed E-state index contributed by atoms with van der Waals surface area (Å²) in [4.78, 5) is 2.30. The van der Waals surface area contributed by atoms with Gasteiger partial charge in [-0.1, -0.05) is 0 Å². The molecule has 94 valence electrons. The van der Waals surface area contributed by atoms with E-state index in [0.717, 1.165) is 38.5 Å². The SMILES string of the molecule is CN1CCC(CNc2cc(F)cc(F)c2)CC1. The zero-order valence-corrected chi connectivity index (χ0v) is 10.0. The van der Waals surface area contributed by atoms with Crippen LogP contribution in [0.5, 0.6) is 0 Å². The highest BCUT2D eigenvalue weighted by Crippen LogP contribution is 2.18. The van der Waals surface area contributed by atoms with Gasteiger partial charge >= 0.3 is 0 Å². The molecule has 0 saturated carbocycles. The Morgan fingerprint density at radius 2 is 1.76 bits per heavy atom. The van der Waals surface area contributed by atoms with E-state index in [1.807, 2.05) is 0 Å². The van der Waals surface area contributed by atoms with Crippen molar-refractivity contribution in [2.45, 2.75) is 12.8 Å². The molecule has 0 radical (unpaired) electrons. The van der Waals surface area contributed by atoms with Crippen LogP contribution in [0.15, 0.2) is 18.2 Å². The first-order chi connectivity index (χ1) is 8.13. The van der Waals surface area contributed by atoms with Crippen LogP contribution in [-0.2, 0) is 0 Å². The van der Waals surface area contributed by atoms with Crippen LogP contribution in [0.25, 0.3) is 0 Å². The minimum absolute atomic E-state index is 0.529. The predicted octanol–water partition coefficient (Wildman–Crippen LogP) is 2.72. The Hall–Kier alpha value is -1.16. The molecular formula is C13H18F2N2. The second-order valence-corrected chi connectivity index (χ2v) is 4.79. The second kappa shape index (κ2) is 5.45. The van der Waals surface area contributed by atoms with E-state index in [9.17, 15) is 8.78 Å². The molecule has 0 aromatic heterocycles. The van der Waals surface area contributed by atoms with Crippen molar-refractivity contribution in [1.29, 1.82) is 0 Å². The molecule has 1 fully saturated rings. The molecule has 2 rings (SSSR count). The zero-order valence-electron chi connectivity index (χ0n) is 10.0. The molecule has 1 N–H and O–H groups in total. The summed E-state index contributed by atoms with van der Waals surface area (Å²) < 4.78 is 25.9. The molecule has 0 atom stereocenters. The predicted molar refractivity (Wildman–Crippen MR) is 65.1 cm³/mol. The highest BCUT2D eigenvalue weighted by molar-refractivity contribution is 5.43. The van der Waals surface area contributed by atoms with E-state index < -0.39 is 11.6 Å². The Morgan fingerprint density at radius 3 is 2.35 bits per heavy atom. The molecule has 17 heavy (non-hydrogen) atoms. The van der Waals surface area contributed by atoms with Gasteiger partial charge in [-0.25, -0.2) is 8.78 Å². The van der Waals surface area contributed by atoms with E-state index in [-0.39, 0.29) is 0 Å². The molecule has 0 spiro atoms. The molecule has 1 heterocycles. The number of halogens is 2. The molecule has 1 aromatic carbocycles. The molecule has 0 unspecified atom stereocenters. The molecular weight excluding hydrogens is 222 g/mol. The first-order valence-electron chi connectivity index (χ1n) is 6.02. The molecule has 2 nitrogen and oxygen atoms in total. The molecule has 1 saturated heterocycles. The van der Waals surface area contributed by atoms with Crippen molar-refractivity contribution >= 4 is 5.69 Å². The van der Waals surface area contributed by atoms with Gasteiger partial charge in [-0.3, -0.25) is 0 Å². The number of rotatable bonds is 3. The summed E-state index contributed by atoms with van der Waals surface area (Å²) in [5, 5.41) is 3.11. The third-order valence-electron chi connectivity index (χ3n) is 3.30. The average molecular weight is 240 g/mol. The fraction of sp³-hybridized carbons (Fsp3) is 0.538. The number of anilines is 1. The summed E-state index contributed by atoms with van der Waals surface area (Å²) in [5.74, 6) is -0.468. The highest BCUT2D eigenvalue weighted by Gasteiger charge is 2.16. The molecule has 1 aliphatic heterocycles. The Labute approximate surface area is 101 Å². The fourth-order valence-corrected chi connectivity index (χ4v) is 2.18. The number of likely N-dealkylation sites (tertiary alicyclic amines) is 1. The van der Waals surface area contributed by atoms with Gasteiger partial charge < -0.3 is 10.2 Å². The van der Waals surface area contributed by atoms with Gasteiger partial charge in [0.25, 0.3) is 0 Å². The lowest BCUT2D eigenvalue weighted by molar-refractivity contribution is 0.226. The van der Waals surface area contributed by atoms with Crippen LogP contribution in [0.4, 0.5) is 14.5 Å². The van der Waals surface area contributed by atoms with E-state index >= 15 is 0 Å². The van der Waals surface area contributed by atoms with E-state index in [2.05, 4.69) is 17.3 Å². The molecule has 0 aliphatic carbocycles. The standard InChI is InChI=1S/C13H18F2N2/c1-17-4-2-10(3-5-17)9-16-13-7-11(14)6-12(15)8-13/h6-8,10,16H,2-5,9H2,1H3. The maximum absolute atomic E-state index is 13.0. The Morgan fingerprint density at radius 1 is 1.18 bits per heavy atom. The third kappa shape index (κ3) is 3.66.